The minimum Gasteiger partial charge on any atom is -0.456 e. The van der Waals surface area contributed by atoms with E-state index in [2.05, 4.69) is 146 Å². The zero-order valence-electron chi connectivity index (χ0n) is 25.8. The Kier molecular flexibility index (Phi) is 5.14. The van der Waals surface area contributed by atoms with E-state index in [9.17, 15) is 0 Å². The second kappa shape index (κ2) is 9.57. The van der Waals surface area contributed by atoms with Gasteiger partial charge in [-0.25, -0.2) is 0 Å². The van der Waals surface area contributed by atoms with Crippen molar-refractivity contribution in [2.24, 2.45) is 0 Å². The molecule has 0 atom stereocenters. The lowest BCUT2D eigenvalue weighted by atomic mass is 9.84. The first-order chi connectivity index (χ1) is 23.8. The maximum absolute atomic E-state index is 6.74. The van der Waals surface area contributed by atoms with Gasteiger partial charge in [0, 0.05) is 16.2 Å². The van der Waals surface area contributed by atoms with E-state index in [1.807, 2.05) is 12.1 Å². The van der Waals surface area contributed by atoms with Gasteiger partial charge in [-0.05, 0) is 102 Å². The number of hydrogen-bond donors (Lipinski definition) is 0. The first-order valence-electron chi connectivity index (χ1n) is 16.4. The van der Waals surface area contributed by atoms with Crippen molar-refractivity contribution in [2.45, 2.75) is 0 Å². The van der Waals surface area contributed by atoms with E-state index in [4.69, 9.17) is 8.83 Å². The first-order valence-corrected chi connectivity index (χ1v) is 16.4. The molecule has 2 heterocycles. The summed E-state index contributed by atoms with van der Waals surface area (Å²) in [4.78, 5) is 0. The molecule has 0 fully saturated rings. The van der Waals surface area contributed by atoms with Gasteiger partial charge in [-0.3, -0.25) is 0 Å². The SMILES string of the molecule is c1ccc2c(c1)cc(-c1c3ccccc3c(-c3ccc4c(c3)oc3c4ccc4oc5ccccc5c43)c3ccccc13)c1ccccc12. The molecule has 0 aliphatic rings. The molecule has 2 nitrogen and oxygen atoms in total. The van der Waals surface area contributed by atoms with E-state index < -0.39 is 0 Å². The van der Waals surface area contributed by atoms with Crippen molar-refractivity contribution in [1.82, 2.24) is 0 Å². The highest BCUT2D eigenvalue weighted by atomic mass is 16.3. The van der Waals surface area contributed by atoms with Crippen LogP contribution in [-0.2, 0) is 0 Å². The van der Waals surface area contributed by atoms with Gasteiger partial charge < -0.3 is 8.83 Å². The molecule has 0 unspecified atom stereocenters. The zero-order valence-corrected chi connectivity index (χ0v) is 25.8. The Hall–Kier alpha value is -6.38. The molecule has 0 saturated carbocycles. The van der Waals surface area contributed by atoms with Crippen LogP contribution in [0.1, 0.15) is 0 Å². The number of furan rings is 2. The van der Waals surface area contributed by atoms with Gasteiger partial charge in [-0.1, -0.05) is 121 Å². The quantitative estimate of drug-likeness (QED) is 0.144. The fourth-order valence-corrected chi connectivity index (χ4v) is 8.19. The second-order valence-corrected chi connectivity index (χ2v) is 12.8. The molecule has 2 heteroatoms. The molecular formula is C46H26O2. The predicted molar refractivity (Wildman–Crippen MR) is 202 cm³/mol. The number of para-hydroxylation sites is 1. The third-order valence-corrected chi connectivity index (χ3v) is 10.2. The summed E-state index contributed by atoms with van der Waals surface area (Å²) in [6.45, 7) is 0. The number of benzene rings is 9. The third kappa shape index (κ3) is 3.46. The van der Waals surface area contributed by atoms with Gasteiger partial charge in [-0.2, -0.15) is 0 Å². The lowest BCUT2D eigenvalue weighted by Gasteiger charge is -2.19. The number of hydrogen-bond acceptors (Lipinski definition) is 2. The summed E-state index contributed by atoms with van der Waals surface area (Å²) in [5.41, 5.74) is 8.35. The Morgan fingerprint density at radius 2 is 0.896 bits per heavy atom. The highest BCUT2D eigenvalue weighted by Gasteiger charge is 2.21. The van der Waals surface area contributed by atoms with Crippen LogP contribution in [0.5, 0.6) is 0 Å². The summed E-state index contributed by atoms with van der Waals surface area (Å²) in [6.07, 6.45) is 0. The van der Waals surface area contributed by atoms with Crippen LogP contribution >= 0.6 is 0 Å². The van der Waals surface area contributed by atoms with Crippen LogP contribution in [-0.4, -0.2) is 0 Å². The fraction of sp³-hybridized carbons (Fsp3) is 0. The van der Waals surface area contributed by atoms with E-state index in [1.54, 1.807) is 0 Å². The normalized spacial score (nSPS) is 12.2. The third-order valence-electron chi connectivity index (χ3n) is 10.2. The molecule has 222 valence electrons. The molecule has 0 aliphatic carbocycles. The standard InChI is InChI=1S/C46H26O2/c1-2-12-29-27(11-1)25-39(31-14-4-3-13-30(29)31)44-35-17-7-5-15-33(35)43(34-16-6-8-18-36(34)44)28-21-22-32-37-23-24-41-45(46(37)48-42(32)26-28)38-19-9-10-20-40(38)47-41/h1-26H. The number of rotatable bonds is 2. The summed E-state index contributed by atoms with van der Waals surface area (Å²) >= 11 is 0. The molecule has 48 heavy (non-hydrogen) atoms. The van der Waals surface area contributed by atoms with Gasteiger partial charge in [0.15, 0.2) is 0 Å². The maximum atomic E-state index is 6.74. The zero-order chi connectivity index (χ0) is 31.3. The van der Waals surface area contributed by atoms with E-state index in [-0.39, 0.29) is 0 Å². The average molecular weight is 611 g/mol. The molecule has 0 saturated heterocycles. The van der Waals surface area contributed by atoms with Crippen molar-refractivity contribution < 1.29 is 8.83 Å². The monoisotopic (exact) mass is 610 g/mol. The highest BCUT2D eigenvalue weighted by Crippen LogP contribution is 2.47. The summed E-state index contributed by atoms with van der Waals surface area (Å²) < 4.78 is 12.9. The van der Waals surface area contributed by atoms with Crippen LogP contribution in [0.4, 0.5) is 0 Å². The van der Waals surface area contributed by atoms with E-state index >= 15 is 0 Å². The minimum absolute atomic E-state index is 0.844. The van der Waals surface area contributed by atoms with Crippen molar-refractivity contribution in [3.8, 4) is 22.3 Å². The van der Waals surface area contributed by atoms with E-state index in [0.29, 0.717) is 0 Å². The molecule has 0 N–H and O–H groups in total. The first kappa shape index (κ1) is 25.8. The predicted octanol–water partition coefficient (Wildman–Crippen LogP) is 13.4. The fourth-order valence-electron chi connectivity index (χ4n) is 8.19. The smallest absolute Gasteiger partial charge is 0.147 e. The molecule has 2 aromatic heterocycles. The summed E-state index contributed by atoms with van der Waals surface area (Å²) in [5.74, 6) is 0. The van der Waals surface area contributed by atoms with Crippen molar-refractivity contribution >= 4 is 87.0 Å². The molecule has 0 spiro atoms. The Morgan fingerprint density at radius 1 is 0.312 bits per heavy atom. The van der Waals surface area contributed by atoms with E-state index in [0.717, 1.165) is 49.4 Å². The van der Waals surface area contributed by atoms with Crippen molar-refractivity contribution in [2.75, 3.05) is 0 Å². The van der Waals surface area contributed by atoms with Crippen LogP contribution in [0.2, 0.25) is 0 Å². The molecule has 0 radical (unpaired) electrons. The molecule has 11 rings (SSSR count). The molecular weight excluding hydrogens is 585 g/mol. The maximum Gasteiger partial charge on any atom is 0.147 e. The van der Waals surface area contributed by atoms with Gasteiger partial charge in [-0.15, -0.1) is 0 Å². The largest absolute Gasteiger partial charge is 0.456 e. The van der Waals surface area contributed by atoms with Crippen LogP contribution in [0, 0.1) is 0 Å². The van der Waals surface area contributed by atoms with Gasteiger partial charge in [0.25, 0.3) is 0 Å². The summed E-state index contributed by atoms with van der Waals surface area (Å²) in [5, 5.41) is 14.3. The van der Waals surface area contributed by atoms with Crippen LogP contribution in [0.25, 0.3) is 109 Å². The van der Waals surface area contributed by atoms with Crippen LogP contribution < -0.4 is 0 Å². The Labute approximate surface area is 275 Å². The topological polar surface area (TPSA) is 26.3 Å². The summed E-state index contributed by atoms with van der Waals surface area (Å²) in [6, 6.07) is 56.8. The molecule has 0 aliphatic heterocycles. The highest BCUT2D eigenvalue weighted by molar-refractivity contribution is 6.27. The average Bonchev–Trinajstić information content (AvgIpc) is 3.71. The Morgan fingerprint density at radius 3 is 1.65 bits per heavy atom. The van der Waals surface area contributed by atoms with Gasteiger partial charge in [0.05, 0.1) is 5.39 Å². The van der Waals surface area contributed by atoms with Gasteiger partial charge in [0.1, 0.15) is 22.3 Å². The van der Waals surface area contributed by atoms with Crippen molar-refractivity contribution in [3.63, 3.8) is 0 Å². The summed E-state index contributed by atoms with van der Waals surface area (Å²) in [7, 11) is 0. The van der Waals surface area contributed by atoms with E-state index in [1.165, 1.54) is 59.8 Å². The van der Waals surface area contributed by atoms with Crippen molar-refractivity contribution in [1.29, 1.82) is 0 Å². The molecule has 0 bridgehead atoms. The Balaban J connectivity index is 1.23. The minimum atomic E-state index is 0.844. The van der Waals surface area contributed by atoms with Gasteiger partial charge >= 0.3 is 0 Å². The van der Waals surface area contributed by atoms with Crippen molar-refractivity contribution in [3.05, 3.63) is 158 Å². The Bertz CT molecular complexity index is 3060. The molecule has 0 amide bonds. The molecule has 11 aromatic rings. The molecule has 9 aromatic carbocycles. The van der Waals surface area contributed by atoms with Crippen LogP contribution in [0.15, 0.2) is 167 Å². The lowest BCUT2D eigenvalue weighted by molar-refractivity contribution is 0.663. The van der Waals surface area contributed by atoms with Crippen LogP contribution in [0.3, 0.4) is 0 Å². The van der Waals surface area contributed by atoms with Gasteiger partial charge in [0.2, 0.25) is 0 Å². The second-order valence-electron chi connectivity index (χ2n) is 12.8. The number of fused-ring (bicyclic) bond motifs is 12. The lowest BCUT2D eigenvalue weighted by Crippen LogP contribution is -1.92.